The second-order valence-electron chi connectivity index (χ2n) is 7.30. The Balaban J connectivity index is 1.36. The van der Waals surface area contributed by atoms with Gasteiger partial charge in [0.15, 0.2) is 6.10 Å². The molecular formula is C22H27N3O2. The van der Waals surface area contributed by atoms with Crippen molar-refractivity contribution in [2.75, 3.05) is 31.1 Å². The van der Waals surface area contributed by atoms with Crippen LogP contribution in [-0.4, -0.2) is 48.1 Å². The zero-order chi connectivity index (χ0) is 18.6. The summed E-state index contributed by atoms with van der Waals surface area (Å²) in [5.41, 5.74) is 2.80. The van der Waals surface area contributed by atoms with E-state index in [9.17, 15) is 4.79 Å². The van der Waals surface area contributed by atoms with Gasteiger partial charge in [-0.2, -0.15) is 0 Å². The molecule has 0 bridgehead atoms. The van der Waals surface area contributed by atoms with Gasteiger partial charge in [0.25, 0.3) is 5.91 Å². The normalized spacial score (nSPS) is 17.5. The highest BCUT2D eigenvalue weighted by Gasteiger charge is 2.28. The van der Waals surface area contributed by atoms with Crippen LogP contribution in [0.4, 0.5) is 5.82 Å². The molecule has 1 aliphatic carbocycles. The van der Waals surface area contributed by atoms with Gasteiger partial charge in [0.05, 0.1) is 0 Å². The molecular weight excluding hydrogens is 338 g/mol. The Morgan fingerprint density at radius 3 is 2.67 bits per heavy atom. The molecule has 0 unspecified atom stereocenters. The Kier molecular flexibility index (Phi) is 5.28. The molecule has 1 fully saturated rings. The second kappa shape index (κ2) is 7.99. The van der Waals surface area contributed by atoms with Gasteiger partial charge in [0.2, 0.25) is 0 Å². The van der Waals surface area contributed by atoms with Gasteiger partial charge in [-0.1, -0.05) is 19.1 Å². The molecule has 5 nitrogen and oxygen atoms in total. The van der Waals surface area contributed by atoms with Crippen molar-refractivity contribution in [2.24, 2.45) is 0 Å². The molecule has 1 saturated heterocycles. The third-order valence-corrected chi connectivity index (χ3v) is 5.56. The molecule has 1 aromatic carbocycles. The number of aryl methyl sites for hydroxylation is 2. The van der Waals surface area contributed by atoms with Crippen molar-refractivity contribution in [3.05, 3.63) is 53.7 Å². The molecule has 0 radical (unpaired) electrons. The average Bonchev–Trinajstić information content (AvgIpc) is 3.20. The number of amides is 1. The zero-order valence-corrected chi connectivity index (χ0v) is 15.9. The fourth-order valence-corrected chi connectivity index (χ4v) is 3.99. The van der Waals surface area contributed by atoms with E-state index in [0.717, 1.165) is 37.5 Å². The lowest BCUT2D eigenvalue weighted by Gasteiger charge is -2.36. The van der Waals surface area contributed by atoms with Crippen LogP contribution in [0.1, 0.15) is 30.9 Å². The molecule has 27 heavy (non-hydrogen) atoms. The third-order valence-electron chi connectivity index (χ3n) is 5.56. The Bertz CT molecular complexity index is 785. The van der Waals surface area contributed by atoms with E-state index in [2.05, 4.69) is 22.0 Å². The first-order chi connectivity index (χ1) is 13.2. The monoisotopic (exact) mass is 365 g/mol. The highest BCUT2D eigenvalue weighted by Crippen LogP contribution is 2.27. The van der Waals surface area contributed by atoms with E-state index in [1.54, 1.807) is 0 Å². The minimum absolute atomic E-state index is 0.0960. The third kappa shape index (κ3) is 3.92. The minimum Gasteiger partial charge on any atom is -0.481 e. The molecule has 0 spiro atoms. The summed E-state index contributed by atoms with van der Waals surface area (Å²) in [5.74, 6) is 1.90. The molecule has 2 heterocycles. The smallest absolute Gasteiger partial charge is 0.263 e. The van der Waals surface area contributed by atoms with Crippen LogP contribution in [0.2, 0.25) is 0 Å². The van der Waals surface area contributed by atoms with Crippen LogP contribution in [0, 0.1) is 0 Å². The maximum Gasteiger partial charge on any atom is 0.263 e. The van der Waals surface area contributed by atoms with E-state index in [1.165, 1.54) is 17.5 Å². The molecule has 2 aliphatic rings. The first kappa shape index (κ1) is 17.8. The van der Waals surface area contributed by atoms with Crippen molar-refractivity contribution >= 4 is 11.7 Å². The number of carbonyl (C=O) groups excluding carboxylic acids is 1. The number of carbonyl (C=O) groups is 1. The number of hydrogen-bond acceptors (Lipinski definition) is 4. The average molecular weight is 365 g/mol. The van der Waals surface area contributed by atoms with Crippen LogP contribution in [0.15, 0.2) is 42.6 Å². The van der Waals surface area contributed by atoms with Crippen LogP contribution in [0.25, 0.3) is 0 Å². The summed E-state index contributed by atoms with van der Waals surface area (Å²) in [6.45, 7) is 5.04. The van der Waals surface area contributed by atoms with E-state index in [0.29, 0.717) is 19.5 Å². The largest absolute Gasteiger partial charge is 0.481 e. The Morgan fingerprint density at radius 1 is 1.11 bits per heavy atom. The Morgan fingerprint density at radius 2 is 1.93 bits per heavy atom. The van der Waals surface area contributed by atoms with Gasteiger partial charge < -0.3 is 14.5 Å². The predicted octanol–water partition coefficient (Wildman–Crippen LogP) is 3.08. The fourth-order valence-electron chi connectivity index (χ4n) is 3.99. The summed E-state index contributed by atoms with van der Waals surface area (Å²) in [7, 11) is 0. The van der Waals surface area contributed by atoms with E-state index >= 15 is 0 Å². The van der Waals surface area contributed by atoms with Gasteiger partial charge in [0, 0.05) is 32.4 Å². The van der Waals surface area contributed by atoms with Crippen molar-refractivity contribution in [3.63, 3.8) is 0 Å². The number of piperazine rings is 1. The molecule has 0 N–H and O–H groups in total. The van der Waals surface area contributed by atoms with Gasteiger partial charge >= 0.3 is 0 Å². The summed E-state index contributed by atoms with van der Waals surface area (Å²) in [4.78, 5) is 21.5. The maximum absolute atomic E-state index is 13.0. The molecule has 1 aliphatic heterocycles. The van der Waals surface area contributed by atoms with Crippen molar-refractivity contribution in [3.8, 4) is 5.75 Å². The number of rotatable bonds is 5. The number of aromatic nitrogens is 1. The number of fused-ring (bicyclic) bond motifs is 1. The van der Waals surface area contributed by atoms with Crippen LogP contribution in [0.3, 0.4) is 0 Å². The van der Waals surface area contributed by atoms with Crippen LogP contribution in [-0.2, 0) is 17.6 Å². The summed E-state index contributed by atoms with van der Waals surface area (Å²) < 4.78 is 6.10. The maximum atomic E-state index is 13.0. The highest BCUT2D eigenvalue weighted by molar-refractivity contribution is 5.81. The van der Waals surface area contributed by atoms with E-state index < -0.39 is 6.10 Å². The number of ether oxygens (including phenoxy) is 1. The van der Waals surface area contributed by atoms with Crippen molar-refractivity contribution in [2.45, 2.75) is 38.7 Å². The van der Waals surface area contributed by atoms with E-state index in [1.807, 2.05) is 42.3 Å². The molecule has 2 aromatic rings. The Labute approximate surface area is 161 Å². The topological polar surface area (TPSA) is 45.7 Å². The quantitative estimate of drug-likeness (QED) is 0.817. The molecule has 1 atom stereocenters. The lowest BCUT2D eigenvalue weighted by molar-refractivity contribution is -0.139. The highest BCUT2D eigenvalue weighted by atomic mass is 16.5. The molecule has 5 heteroatoms. The van der Waals surface area contributed by atoms with Crippen LogP contribution < -0.4 is 9.64 Å². The van der Waals surface area contributed by atoms with Crippen LogP contribution in [0.5, 0.6) is 5.75 Å². The number of benzene rings is 1. The second-order valence-corrected chi connectivity index (χ2v) is 7.30. The number of hydrogen-bond donors (Lipinski definition) is 0. The summed E-state index contributed by atoms with van der Waals surface area (Å²) >= 11 is 0. The summed E-state index contributed by atoms with van der Waals surface area (Å²) in [6, 6.07) is 12.2. The number of pyridine rings is 1. The molecule has 4 rings (SSSR count). The standard InChI is InChI=1S/C22H27N3O2/c1-2-20(27-19-10-9-17-6-5-7-18(17)16-19)22(26)25-14-12-24(13-15-25)21-8-3-4-11-23-21/h3-4,8-11,16,20H,2,5-7,12-15H2,1H3/t20-/m1/s1. The van der Waals surface area contributed by atoms with Crippen molar-refractivity contribution in [1.82, 2.24) is 9.88 Å². The van der Waals surface area contributed by atoms with E-state index in [4.69, 9.17) is 4.74 Å². The van der Waals surface area contributed by atoms with E-state index in [-0.39, 0.29) is 5.91 Å². The van der Waals surface area contributed by atoms with Crippen molar-refractivity contribution in [1.29, 1.82) is 0 Å². The molecule has 142 valence electrons. The lowest BCUT2D eigenvalue weighted by Crippen LogP contribution is -2.52. The van der Waals surface area contributed by atoms with Gasteiger partial charge in [-0.3, -0.25) is 4.79 Å². The molecule has 1 amide bonds. The van der Waals surface area contributed by atoms with Gasteiger partial charge in [0.1, 0.15) is 11.6 Å². The predicted molar refractivity (Wildman–Crippen MR) is 106 cm³/mol. The first-order valence-corrected chi connectivity index (χ1v) is 9.98. The zero-order valence-electron chi connectivity index (χ0n) is 15.9. The van der Waals surface area contributed by atoms with Gasteiger partial charge in [-0.15, -0.1) is 0 Å². The number of anilines is 1. The summed E-state index contributed by atoms with van der Waals surface area (Å²) in [5, 5.41) is 0. The number of nitrogens with zero attached hydrogens (tertiary/aromatic N) is 3. The van der Waals surface area contributed by atoms with Gasteiger partial charge in [-0.25, -0.2) is 4.98 Å². The lowest BCUT2D eigenvalue weighted by atomic mass is 10.1. The SMILES string of the molecule is CC[C@@H](Oc1ccc2c(c1)CCC2)C(=O)N1CCN(c2ccccn2)CC1. The Hall–Kier alpha value is -2.56. The fraction of sp³-hybridized carbons (Fsp3) is 0.455. The first-order valence-electron chi connectivity index (χ1n) is 9.98. The van der Waals surface area contributed by atoms with Gasteiger partial charge in [-0.05, 0) is 61.1 Å². The molecule has 0 saturated carbocycles. The van der Waals surface area contributed by atoms with Crippen molar-refractivity contribution < 1.29 is 9.53 Å². The molecule has 1 aromatic heterocycles. The van der Waals surface area contributed by atoms with Crippen LogP contribution >= 0.6 is 0 Å². The minimum atomic E-state index is -0.411. The summed E-state index contributed by atoms with van der Waals surface area (Å²) in [6.07, 6.45) is 5.57.